The lowest BCUT2D eigenvalue weighted by Crippen LogP contribution is -2.18. The Kier molecular flexibility index (Phi) is 6.04. The lowest BCUT2D eigenvalue weighted by Gasteiger charge is -2.08. The molecule has 2 amide bonds. The third-order valence-electron chi connectivity index (χ3n) is 5.86. The number of carbonyl (C=O) groups is 2. The van der Waals surface area contributed by atoms with Gasteiger partial charge in [-0.1, -0.05) is 24.3 Å². The Morgan fingerprint density at radius 2 is 1.61 bits per heavy atom. The van der Waals surface area contributed by atoms with Crippen molar-refractivity contribution in [1.82, 2.24) is 10.3 Å². The molecule has 0 aliphatic carbocycles. The molecule has 0 unspecified atom stereocenters. The fourth-order valence-corrected chi connectivity index (χ4v) is 4.00. The van der Waals surface area contributed by atoms with Crippen molar-refractivity contribution in [1.29, 1.82) is 0 Å². The van der Waals surface area contributed by atoms with Gasteiger partial charge >= 0.3 is 0 Å². The number of aromatic nitrogens is 1. The van der Waals surface area contributed by atoms with Crippen molar-refractivity contribution in [2.45, 2.75) is 6.92 Å². The summed E-state index contributed by atoms with van der Waals surface area (Å²) in [6.45, 7) is 1.93. The summed E-state index contributed by atoms with van der Waals surface area (Å²) in [6.07, 6.45) is 1.69. The molecule has 0 spiro atoms. The number of rotatable bonds is 5. The Balaban J connectivity index is 1.53. The van der Waals surface area contributed by atoms with Crippen molar-refractivity contribution < 1.29 is 18.4 Å². The van der Waals surface area contributed by atoms with Crippen LogP contribution in [-0.4, -0.2) is 23.8 Å². The number of carbonyl (C=O) groups excluding carboxylic acids is 2. The molecule has 0 aliphatic rings. The van der Waals surface area contributed by atoms with E-state index in [0.717, 1.165) is 16.7 Å². The van der Waals surface area contributed by atoms with Gasteiger partial charge in [-0.25, -0.2) is 9.37 Å². The number of hydrogen-bond acceptors (Lipinski definition) is 4. The third kappa shape index (κ3) is 4.46. The molecule has 0 aliphatic heterocycles. The number of anilines is 1. The molecule has 0 fully saturated rings. The predicted molar refractivity (Wildman–Crippen MR) is 137 cm³/mol. The Morgan fingerprint density at radius 3 is 2.33 bits per heavy atom. The Hall–Kier alpha value is -4.78. The van der Waals surface area contributed by atoms with Gasteiger partial charge in [-0.2, -0.15) is 0 Å². The number of aryl methyl sites for hydroxylation is 1. The number of fused-ring (bicyclic) bond motifs is 1. The van der Waals surface area contributed by atoms with E-state index in [2.05, 4.69) is 15.6 Å². The first-order valence-corrected chi connectivity index (χ1v) is 11.3. The number of nitrogens with zero attached hydrogens (tertiary/aromatic N) is 1. The highest BCUT2D eigenvalue weighted by molar-refractivity contribution is 6.12. The van der Waals surface area contributed by atoms with Crippen LogP contribution in [0, 0.1) is 12.7 Å². The zero-order chi connectivity index (χ0) is 25.2. The molecular formula is C29H22FN3O3. The third-order valence-corrected chi connectivity index (χ3v) is 5.86. The van der Waals surface area contributed by atoms with E-state index >= 15 is 0 Å². The lowest BCUT2D eigenvalue weighted by molar-refractivity contribution is 0.0963. The minimum absolute atomic E-state index is 0.276. The molecule has 2 N–H and O–H groups in total. The number of hydrogen-bond donors (Lipinski definition) is 2. The first-order valence-electron chi connectivity index (χ1n) is 11.3. The average Bonchev–Trinajstić information content (AvgIpc) is 3.29. The maximum atomic E-state index is 13.5. The summed E-state index contributed by atoms with van der Waals surface area (Å²) in [5.41, 5.74) is 4.56. The minimum Gasteiger partial charge on any atom is -0.455 e. The van der Waals surface area contributed by atoms with Gasteiger partial charge in [0.2, 0.25) is 0 Å². The van der Waals surface area contributed by atoms with Gasteiger partial charge in [0.05, 0.1) is 5.56 Å². The Bertz CT molecular complexity index is 1590. The van der Waals surface area contributed by atoms with Gasteiger partial charge in [0.1, 0.15) is 23.0 Å². The maximum Gasteiger partial charge on any atom is 0.256 e. The molecule has 36 heavy (non-hydrogen) atoms. The SMILES string of the molecule is CNC(=O)c1c(-c2ccc(F)cc2)oc2ccc(-c3cccc(C(=O)Nc4ccc(C)cn4)c3)cc12. The van der Waals surface area contributed by atoms with Gasteiger partial charge in [-0.05, 0) is 78.2 Å². The first-order chi connectivity index (χ1) is 17.4. The molecule has 5 rings (SSSR count). The second-order valence-electron chi connectivity index (χ2n) is 8.36. The fraction of sp³-hybridized carbons (Fsp3) is 0.0690. The van der Waals surface area contributed by atoms with Crippen LogP contribution >= 0.6 is 0 Å². The quantitative estimate of drug-likeness (QED) is 0.313. The predicted octanol–water partition coefficient (Wildman–Crippen LogP) is 6.22. The summed E-state index contributed by atoms with van der Waals surface area (Å²) >= 11 is 0. The van der Waals surface area contributed by atoms with E-state index in [-0.39, 0.29) is 17.6 Å². The van der Waals surface area contributed by atoms with E-state index in [4.69, 9.17) is 4.42 Å². The van der Waals surface area contributed by atoms with Gasteiger partial charge in [0, 0.05) is 29.8 Å². The fourth-order valence-electron chi connectivity index (χ4n) is 4.00. The highest BCUT2D eigenvalue weighted by atomic mass is 19.1. The molecule has 6 nitrogen and oxygen atoms in total. The largest absolute Gasteiger partial charge is 0.455 e. The van der Waals surface area contributed by atoms with Crippen LogP contribution in [0.25, 0.3) is 33.4 Å². The van der Waals surface area contributed by atoms with Crippen molar-refractivity contribution in [3.05, 3.63) is 108 Å². The number of halogens is 1. The lowest BCUT2D eigenvalue weighted by atomic mass is 9.99. The van der Waals surface area contributed by atoms with Crippen molar-refractivity contribution in [3.8, 4) is 22.5 Å². The Labute approximate surface area is 206 Å². The van der Waals surface area contributed by atoms with Gasteiger partial charge < -0.3 is 15.1 Å². The standard InChI is InChI=1S/C29H22FN3O3/c1-17-6-13-25(32-16-17)33-28(34)21-5-3-4-19(14-21)20-9-12-24-23(15-20)26(29(35)31-2)27(36-24)18-7-10-22(30)11-8-18/h3-16H,1-2H3,(H,31,35)(H,32,33,34). The van der Waals surface area contributed by atoms with Crippen molar-refractivity contribution in [2.24, 2.45) is 0 Å². The summed E-state index contributed by atoms with van der Waals surface area (Å²) in [5, 5.41) is 6.08. The average molecular weight is 480 g/mol. The van der Waals surface area contributed by atoms with Crippen LogP contribution in [-0.2, 0) is 0 Å². The van der Waals surface area contributed by atoms with Crippen LogP contribution in [0.1, 0.15) is 26.3 Å². The first kappa shape index (κ1) is 23.0. The van der Waals surface area contributed by atoms with E-state index in [1.165, 1.54) is 12.1 Å². The number of pyridine rings is 1. The molecular weight excluding hydrogens is 457 g/mol. The normalized spacial score (nSPS) is 10.9. The smallest absolute Gasteiger partial charge is 0.256 e. The van der Waals surface area contributed by atoms with Gasteiger partial charge in [0.15, 0.2) is 0 Å². The summed E-state index contributed by atoms with van der Waals surface area (Å²) in [4.78, 5) is 29.9. The maximum absolute atomic E-state index is 13.5. The molecule has 0 radical (unpaired) electrons. The summed E-state index contributed by atoms with van der Waals surface area (Å²) in [6, 6.07) is 22.1. The molecule has 2 aromatic heterocycles. The van der Waals surface area contributed by atoms with Gasteiger partial charge in [0.25, 0.3) is 11.8 Å². The zero-order valence-corrected chi connectivity index (χ0v) is 19.6. The van der Waals surface area contributed by atoms with Crippen LogP contribution in [0.3, 0.4) is 0 Å². The van der Waals surface area contributed by atoms with Crippen molar-refractivity contribution >= 4 is 28.6 Å². The summed E-state index contributed by atoms with van der Waals surface area (Å²) < 4.78 is 19.5. The Morgan fingerprint density at radius 1 is 0.861 bits per heavy atom. The molecule has 178 valence electrons. The molecule has 2 heterocycles. The van der Waals surface area contributed by atoms with E-state index in [1.807, 2.05) is 31.2 Å². The highest BCUT2D eigenvalue weighted by Crippen LogP contribution is 2.36. The van der Waals surface area contributed by atoms with E-state index in [0.29, 0.717) is 39.2 Å². The molecule has 5 aromatic rings. The second-order valence-corrected chi connectivity index (χ2v) is 8.36. The molecule has 0 saturated heterocycles. The molecule has 0 atom stereocenters. The van der Waals surface area contributed by atoms with Crippen LogP contribution in [0.2, 0.25) is 0 Å². The molecule has 0 saturated carbocycles. The monoisotopic (exact) mass is 479 g/mol. The van der Waals surface area contributed by atoms with Crippen molar-refractivity contribution in [2.75, 3.05) is 12.4 Å². The minimum atomic E-state index is -0.374. The second kappa shape index (κ2) is 9.46. The van der Waals surface area contributed by atoms with Crippen LogP contribution in [0.15, 0.2) is 89.5 Å². The van der Waals surface area contributed by atoms with Crippen LogP contribution in [0.5, 0.6) is 0 Å². The van der Waals surface area contributed by atoms with E-state index in [1.54, 1.807) is 55.7 Å². The molecule has 0 bridgehead atoms. The van der Waals surface area contributed by atoms with Crippen molar-refractivity contribution in [3.63, 3.8) is 0 Å². The van der Waals surface area contributed by atoms with Crippen LogP contribution in [0.4, 0.5) is 10.2 Å². The van der Waals surface area contributed by atoms with Crippen LogP contribution < -0.4 is 10.6 Å². The van der Waals surface area contributed by atoms with Gasteiger partial charge in [-0.3, -0.25) is 9.59 Å². The summed E-state index contributed by atoms with van der Waals surface area (Å²) in [5.74, 6) is -0.133. The molecule has 3 aromatic carbocycles. The number of benzene rings is 3. The van der Waals surface area contributed by atoms with Gasteiger partial charge in [-0.15, -0.1) is 0 Å². The van der Waals surface area contributed by atoms with E-state index < -0.39 is 0 Å². The number of furan rings is 1. The highest BCUT2D eigenvalue weighted by Gasteiger charge is 2.22. The number of amides is 2. The number of nitrogens with one attached hydrogen (secondary N) is 2. The van der Waals surface area contributed by atoms with E-state index in [9.17, 15) is 14.0 Å². The topological polar surface area (TPSA) is 84.2 Å². The molecule has 7 heteroatoms. The summed E-state index contributed by atoms with van der Waals surface area (Å²) in [7, 11) is 1.55. The zero-order valence-electron chi connectivity index (χ0n) is 19.6.